The molecule has 0 saturated carbocycles. The van der Waals surface area contributed by atoms with Gasteiger partial charge in [0.05, 0.1) is 17.2 Å². The van der Waals surface area contributed by atoms with Crippen LogP contribution in [0.1, 0.15) is 26.7 Å². The average Bonchev–Trinajstić information content (AvgIpc) is 3.07. The van der Waals surface area contributed by atoms with Gasteiger partial charge in [-0.05, 0) is 38.1 Å². The van der Waals surface area contributed by atoms with Crippen molar-refractivity contribution in [3.63, 3.8) is 0 Å². The number of imidazole rings is 1. The van der Waals surface area contributed by atoms with Crippen LogP contribution < -0.4 is 4.74 Å². The molecular formula is C19H24ClN5O. The highest BCUT2D eigenvalue weighted by atomic mass is 35.5. The Kier molecular flexibility index (Phi) is 6.41. The molecule has 0 saturated heterocycles. The Morgan fingerprint density at radius 1 is 1.08 bits per heavy atom. The average molecular weight is 374 g/mol. The lowest BCUT2D eigenvalue weighted by Gasteiger charge is -2.20. The van der Waals surface area contributed by atoms with Crippen molar-refractivity contribution in [3.05, 3.63) is 41.8 Å². The molecule has 0 atom stereocenters. The summed E-state index contributed by atoms with van der Waals surface area (Å²) >= 11 is 6.32. The fourth-order valence-corrected chi connectivity index (χ4v) is 3.12. The van der Waals surface area contributed by atoms with Crippen LogP contribution in [0.2, 0.25) is 5.02 Å². The lowest BCUT2D eigenvalue weighted by atomic mass is 10.3. The van der Waals surface area contributed by atoms with Crippen LogP contribution in [0, 0.1) is 0 Å². The molecule has 7 heteroatoms. The minimum Gasteiger partial charge on any atom is -0.462 e. The predicted molar refractivity (Wildman–Crippen MR) is 104 cm³/mol. The number of nitrogens with zero attached hydrogens (tertiary/aromatic N) is 5. The first-order valence-corrected chi connectivity index (χ1v) is 9.40. The molecule has 0 radical (unpaired) electrons. The number of benzene rings is 1. The SMILES string of the molecule is CCCN(CCC)CCOc1ncc(Cl)c(-n2cnc3ccccc32)n1. The first-order chi connectivity index (χ1) is 12.7. The monoisotopic (exact) mass is 373 g/mol. The second-order valence-electron chi connectivity index (χ2n) is 6.12. The number of rotatable bonds is 9. The maximum Gasteiger partial charge on any atom is 0.318 e. The van der Waals surface area contributed by atoms with E-state index in [4.69, 9.17) is 16.3 Å². The molecular weight excluding hydrogens is 350 g/mol. The summed E-state index contributed by atoms with van der Waals surface area (Å²) in [6.07, 6.45) is 5.56. The molecule has 26 heavy (non-hydrogen) atoms. The number of aromatic nitrogens is 4. The molecule has 0 unspecified atom stereocenters. The van der Waals surface area contributed by atoms with Crippen LogP contribution in [0.25, 0.3) is 16.9 Å². The summed E-state index contributed by atoms with van der Waals surface area (Å²) in [5.41, 5.74) is 1.83. The van der Waals surface area contributed by atoms with Gasteiger partial charge in [-0.3, -0.25) is 9.47 Å². The van der Waals surface area contributed by atoms with Crippen LogP contribution in [0.3, 0.4) is 0 Å². The van der Waals surface area contributed by atoms with E-state index in [1.165, 1.54) is 0 Å². The van der Waals surface area contributed by atoms with Crippen molar-refractivity contribution in [1.82, 2.24) is 24.4 Å². The molecule has 0 spiro atoms. The van der Waals surface area contributed by atoms with Crippen molar-refractivity contribution >= 4 is 22.6 Å². The Morgan fingerprint density at radius 3 is 2.62 bits per heavy atom. The van der Waals surface area contributed by atoms with E-state index in [9.17, 15) is 0 Å². The normalized spacial score (nSPS) is 11.4. The number of hydrogen-bond acceptors (Lipinski definition) is 5. The fourth-order valence-electron chi connectivity index (χ4n) is 2.94. The Hall–Kier alpha value is -2.18. The van der Waals surface area contributed by atoms with Crippen LogP contribution in [0.4, 0.5) is 0 Å². The van der Waals surface area contributed by atoms with Gasteiger partial charge in [-0.2, -0.15) is 4.98 Å². The number of fused-ring (bicyclic) bond motifs is 1. The van der Waals surface area contributed by atoms with E-state index in [-0.39, 0.29) is 0 Å². The number of para-hydroxylation sites is 2. The van der Waals surface area contributed by atoms with E-state index in [0.29, 0.717) is 23.5 Å². The zero-order chi connectivity index (χ0) is 18.4. The van der Waals surface area contributed by atoms with Gasteiger partial charge in [0.25, 0.3) is 0 Å². The van der Waals surface area contributed by atoms with Crippen molar-refractivity contribution < 1.29 is 4.74 Å². The molecule has 0 aliphatic carbocycles. The van der Waals surface area contributed by atoms with Crippen molar-refractivity contribution in [2.75, 3.05) is 26.2 Å². The second kappa shape index (κ2) is 8.96. The van der Waals surface area contributed by atoms with Gasteiger partial charge in [0.15, 0.2) is 5.82 Å². The second-order valence-corrected chi connectivity index (χ2v) is 6.52. The third-order valence-electron chi connectivity index (χ3n) is 4.10. The molecule has 1 aromatic carbocycles. The third kappa shape index (κ3) is 4.31. The van der Waals surface area contributed by atoms with Crippen LogP contribution in [-0.4, -0.2) is 50.7 Å². The Bertz CT molecular complexity index is 845. The van der Waals surface area contributed by atoms with E-state index in [1.807, 2.05) is 28.8 Å². The van der Waals surface area contributed by atoms with Gasteiger partial charge < -0.3 is 4.74 Å². The topological polar surface area (TPSA) is 56.1 Å². The van der Waals surface area contributed by atoms with Crippen LogP contribution in [-0.2, 0) is 0 Å². The van der Waals surface area contributed by atoms with Gasteiger partial charge in [0.2, 0.25) is 0 Å². The highest BCUT2D eigenvalue weighted by molar-refractivity contribution is 6.32. The molecule has 0 aliphatic heterocycles. The van der Waals surface area contributed by atoms with Crippen LogP contribution in [0.15, 0.2) is 36.8 Å². The lowest BCUT2D eigenvalue weighted by Crippen LogP contribution is -2.30. The summed E-state index contributed by atoms with van der Waals surface area (Å²) in [5, 5.41) is 0.457. The van der Waals surface area contributed by atoms with E-state index in [0.717, 1.165) is 43.5 Å². The zero-order valence-corrected chi connectivity index (χ0v) is 16.0. The smallest absolute Gasteiger partial charge is 0.318 e. The maximum absolute atomic E-state index is 6.32. The molecule has 6 nitrogen and oxygen atoms in total. The molecule has 0 aliphatic rings. The highest BCUT2D eigenvalue weighted by Gasteiger charge is 2.12. The van der Waals surface area contributed by atoms with Crippen molar-refractivity contribution in [2.24, 2.45) is 0 Å². The van der Waals surface area contributed by atoms with Crippen molar-refractivity contribution in [1.29, 1.82) is 0 Å². The van der Waals surface area contributed by atoms with Gasteiger partial charge in [-0.1, -0.05) is 37.6 Å². The number of hydrogen-bond donors (Lipinski definition) is 0. The van der Waals surface area contributed by atoms with Gasteiger partial charge >= 0.3 is 6.01 Å². The summed E-state index contributed by atoms with van der Waals surface area (Å²) < 4.78 is 7.63. The van der Waals surface area contributed by atoms with Crippen LogP contribution >= 0.6 is 11.6 Å². The Labute approximate surface area is 158 Å². The number of ether oxygens (including phenoxy) is 1. The number of halogens is 1. The molecule has 138 valence electrons. The third-order valence-corrected chi connectivity index (χ3v) is 4.37. The fraction of sp³-hybridized carbons (Fsp3) is 0.421. The summed E-state index contributed by atoms with van der Waals surface area (Å²) in [5.74, 6) is 0.573. The quantitative estimate of drug-likeness (QED) is 0.568. The largest absolute Gasteiger partial charge is 0.462 e. The van der Waals surface area contributed by atoms with Gasteiger partial charge in [-0.15, -0.1) is 0 Å². The van der Waals surface area contributed by atoms with Crippen molar-refractivity contribution in [2.45, 2.75) is 26.7 Å². The summed E-state index contributed by atoms with van der Waals surface area (Å²) in [6, 6.07) is 8.18. The van der Waals surface area contributed by atoms with Gasteiger partial charge in [0.1, 0.15) is 18.0 Å². The first kappa shape index (κ1) is 18.6. The highest BCUT2D eigenvalue weighted by Crippen LogP contribution is 2.23. The maximum atomic E-state index is 6.32. The van der Waals surface area contributed by atoms with Crippen LogP contribution in [0.5, 0.6) is 6.01 Å². The minimum atomic E-state index is 0.329. The Morgan fingerprint density at radius 2 is 1.85 bits per heavy atom. The predicted octanol–water partition coefficient (Wildman–Crippen LogP) is 3.97. The molecule has 0 fully saturated rings. The Balaban J connectivity index is 1.74. The summed E-state index contributed by atoms with van der Waals surface area (Å²) in [6.45, 7) is 7.93. The molecule has 2 heterocycles. The first-order valence-electron chi connectivity index (χ1n) is 9.03. The lowest BCUT2D eigenvalue weighted by molar-refractivity contribution is 0.200. The molecule has 0 amide bonds. The summed E-state index contributed by atoms with van der Waals surface area (Å²) in [4.78, 5) is 15.5. The van der Waals surface area contributed by atoms with E-state index in [1.54, 1.807) is 12.5 Å². The molecule has 0 bridgehead atoms. The van der Waals surface area contributed by atoms with E-state index in [2.05, 4.69) is 33.7 Å². The van der Waals surface area contributed by atoms with E-state index < -0.39 is 0 Å². The molecule has 2 aromatic heterocycles. The van der Waals surface area contributed by atoms with Gasteiger partial charge in [0, 0.05) is 6.54 Å². The molecule has 3 rings (SSSR count). The standard InChI is InChI=1S/C19H24ClN5O/c1-3-9-24(10-4-2)11-12-26-19-21-13-15(20)18(23-19)25-14-22-16-7-5-6-8-17(16)25/h5-8,13-14H,3-4,9-12H2,1-2H3. The van der Waals surface area contributed by atoms with E-state index >= 15 is 0 Å². The van der Waals surface area contributed by atoms with Crippen molar-refractivity contribution in [3.8, 4) is 11.8 Å². The summed E-state index contributed by atoms with van der Waals surface area (Å²) in [7, 11) is 0. The zero-order valence-electron chi connectivity index (χ0n) is 15.2. The molecule has 0 N–H and O–H groups in total. The van der Waals surface area contributed by atoms with Gasteiger partial charge in [-0.25, -0.2) is 9.97 Å². The minimum absolute atomic E-state index is 0.329. The molecule has 3 aromatic rings.